The smallest absolute Gasteiger partial charge is 0.255 e. The van der Waals surface area contributed by atoms with E-state index in [4.69, 9.17) is 14.2 Å². The number of nitrogens with one attached hydrogen (secondary N) is 1. The molecule has 1 amide bonds. The fourth-order valence-electron chi connectivity index (χ4n) is 2.76. The number of rotatable bonds is 9. The number of anilines is 1. The Morgan fingerprint density at radius 2 is 1.77 bits per heavy atom. The SMILES string of the molecule is COCCOc1cc(C)ccc1NC(=O)c1cccc(OCc2ccc(F)cc2)c1. The van der Waals surface area contributed by atoms with Crippen LogP contribution in [-0.4, -0.2) is 26.2 Å². The molecule has 0 radical (unpaired) electrons. The standard InChI is InChI=1S/C24H24FNO4/c1-17-6-11-22(23(14-17)29-13-12-28-2)26-24(27)19-4-3-5-21(15-19)30-16-18-7-9-20(25)10-8-18/h3-11,14-15H,12-13,16H2,1-2H3,(H,26,27). The number of hydrogen-bond acceptors (Lipinski definition) is 4. The molecular formula is C24H24FNO4. The highest BCUT2D eigenvalue weighted by Gasteiger charge is 2.12. The van der Waals surface area contributed by atoms with Crippen molar-refractivity contribution in [3.05, 3.63) is 89.2 Å². The Morgan fingerprint density at radius 1 is 0.967 bits per heavy atom. The summed E-state index contributed by atoms with van der Waals surface area (Å²) in [7, 11) is 1.60. The molecule has 3 aromatic rings. The fraction of sp³-hybridized carbons (Fsp3) is 0.208. The van der Waals surface area contributed by atoms with Gasteiger partial charge in [-0.05, 0) is 60.5 Å². The van der Waals surface area contributed by atoms with E-state index in [9.17, 15) is 9.18 Å². The van der Waals surface area contributed by atoms with Crippen molar-refractivity contribution in [2.75, 3.05) is 25.6 Å². The third kappa shape index (κ3) is 6.06. The number of benzene rings is 3. The van der Waals surface area contributed by atoms with Gasteiger partial charge in [-0.3, -0.25) is 4.79 Å². The van der Waals surface area contributed by atoms with Gasteiger partial charge in [-0.15, -0.1) is 0 Å². The first-order chi connectivity index (χ1) is 14.5. The van der Waals surface area contributed by atoms with Crippen molar-refractivity contribution in [3.63, 3.8) is 0 Å². The molecule has 0 bridgehead atoms. The average molecular weight is 409 g/mol. The van der Waals surface area contributed by atoms with E-state index in [1.807, 2.05) is 25.1 Å². The van der Waals surface area contributed by atoms with Crippen LogP contribution in [0.2, 0.25) is 0 Å². The lowest BCUT2D eigenvalue weighted by atomic mass is 10.1. The number of ether oxygens (including phenoxy) is 3. The van der Waals surface area contributed by atoms with Crippen LogP contribution in [0.3, 0.4) is 0 Å². The number of hydrogen-bond donors (Lipinski definition) is 1. The molecule has 0 saturated carbocycles. The molecule has 0 atom stereocenters. The maximum Gasteiger partial charge on any atom is 0.255 e. The fourth-order valence-corrected chi connectivity index (χ4v) is 2.76. The van der Waals surface area contributed by atoms with Crippen LogP contribution in [0.25, 0.3) is 0 Å². The van der Waals surface area contributed by atoms with Gasteiger partial charge in [-0.1, -0.05) is 24.3 Å². The van der Waals surface area contributed by atoms with Crippen molar-refractivity contribution in [2.24, 2.45) is 0 Å². The Morgan fingerprint density at radius 3 is 2.53 bits per heavy atom. The van der Waals surface area contributed by atoms with Crippen molar-refractivity contribution in [1.29, 1.82) is 0 Å². The highest BCUT2D eigenvalue weighted by molar-refractivity contribution is 6.05. The van der Waals surface area contributed by atoms with E-state index in [1.54, 1.807) is 43.5 Å². The van der Waals surface area contributed by atoms with Crippen molar-refractivity contribution in [2.45, 2.75) is 13.5 Å². The zero-order valence-corrected chi connectivity index (χ0v) is 17.0. The van der Waals surface area contributed by atoms with Crippen LogP contribution in [0.4, 0.5) is 10.1 Å². The van der Waals surface area contributed by atoms with Gasteiger partial charge in [0.25, 0.3) is 5.91 Å². The number of aryl methyl sites for hydroxylation is 1. The Labute approximate surface area is 175 Å². The molecule has 0 aromatic heterocycles. The summed E-state index contributed by atoms with van der Waals surface area (Å²) in [6, 6.07) is 18.6. The number of carbonyl (C=O) groups excluding carboxylic acids is 1. The lowest BCUT2D eigenvalue weighted by molar-refractivity contribution is 0.102. The maximum atomic E-state index is 13.0. The van der Waals surface area contributed by atoms with Crippen molar-refractivity contribution in [3.8, 4) is 11.5 Å². The molecule has 6 heteroatoms. The summed E-state index contributed by atoms with van der Waals surface area (Å²) < 4.78 is 29.5. The van der Waals surface area contributed by atoms with Gasteiger partial charge < -0.3 is 19.5 Å². The molecule has 0 fully saturated rings. The second-order valence-electron chi connectivity index (χ2n) is 6.74. The van der Waals surface area contributed by atoms with Gasteiger partial charge in [0.1, 0.15) is 30.5 Å². The molecule has 1 N–H and O–H groups in total. The lowest BCUT2D eigenvalue weighted by Gasteiger charge is -2.14. The van der Waals surface area contributed by atoms with Crippen molar-refractivity contribution < 1.29 is 23.4 Å². The molecule has 156 valence electrons. The number of methoxy groups -OCH3 is 1. The zero-order chi connectivity index (χ0) is 21.3. The first-order valence-corrected chi connectivity index (χ1v) is 9.56. The monoisotopic (exact) mass is 409 g/mol. The molecule has 0 heterocycles. The predicted molar refractivity (Wildman–Crippen MR) is 114 cm³/mol. The molecule has 30 heavy (non-hydrogen) atoms. The van der Waals surface area contributed by atoms with Gasteiger partial charge in [-0.25, -0.2) is 4.39 Å². The third-order valence-electron chi connectivity index (χ3n) is 4.35. The number of halogens is 1. The van der Waals surface area contributed by atoms with Crippen molar-refractivity contribution >= 4 is 11.6 Å². The van der Waals surface area contributed by atoms with Crippen LogP contribution < -0.4 is 14.8 Å². The predicted octanol–water partition coefficient (Wildman–Crippen LogP) is 4.99. The third-order valence-corrected chi connectivity index (χ3v) is 4.35. The van der Waals surface area contributed by atoms with Gasteiger partial charge in [-0.2, -0.15) is 0 Å². The summed E-state index contributed by atoms with van der Waals surface area (Å²) in [5.74, 6) is 0.568. The van der Waals surface area contributed by atoms with Gasteiger partial charge >= 0.3 is 0 Å². The number of amides is 1. The van der Waals surface area contributed by atoms with E-state index in [2.05, 4.69) is 5.32 Å². The highest BCUT2D eigenvalue weighted by Crippen LogP contribution is 2.27. The van der Waals surface area contributed by atoms with E-state index in [0.29, 0.717) is 36.0 Å². The Bertz CT molecular complexity index is 989. The van der Waals surface area contributed by atoms with E-state index in [1.165, 1.54) is 12.1 Å². The summed E-state index contributed by atoms with van der Waals surface area (Å²) >= 11 is 0. The quantitative estimate of drug-likeness (QED) is 0.506. The molecule has 0 aliphatic rings. The Balaban J connectivity index is 1.67. The minimum absolute atomic E-state index is 0.275. The topological polar surface area (TPSA) is 56.8 Å². The van der Waals surface area contributed by atoms with Gasteiger partial charge in [0.15, 0.2) is 0 Å². The molecule has 5 nitrogen and oxygen atoms in total. The van der Waals surface area contributed by atoms with E-state index >= 15 is 0 Å². The Hall–Kier alpha value is -3.38. The van der Waals surface area contributed by atoms with Crippen LogP contribution in [0, 0.1) is 12.7 Å². The molecular weight excluding hydrogens is 385 g/mol. The zero-order valence-electron chi connectivity index (χ0n) is 17.0. The first-order valence-electron chi connectivity index (χ1n) is 9.56. The normalized spacial score (nSPS) is 10.5. The van der Waals surface area contributed by atoms with E-state index in [0.717, 1.165) is 11.1 Å². The van der Waals surface area contributed by atoms with Crippen LogP contribution in [0.5, 0.6) is 11.5 Å². The molecule has 0 spiro atoms. The summed E-state index contributed by atoms with van der Waals surface area (Å²) in [6.07, 6.45) is 0. The largest absolute Gasteiger partial charge is 0.489 e. The minimum Gasteiger partial charge on any atom is -0.489 e. The Kier molecular flexibility index (Phi) is 7.40. The van der Waals surface area contributed by atoms with E-state index in [-0.39, 0.29) is 18.3 Å². The summed E-state index contributed by atoms with van der Waals surface area (Å²) in [6.45, 7) is 3.07. The first kappa shape index (κ1) is 21.3. The van der Waals surface area contributed by atoms with Gasteiger partial charge in [0.2, 0.25) is 0 Å². The molecule has 0 aliphatic carbocycles. The maximum absolute atomic E-state index is 13.0. The van der Waals surface area contributed by atoms with Crippen LogP contribution in [-0.2, 0) is 11.3 Å². The lowest BCUT2D eigenvalue weighted by Crippen LogP contribution is -2.14. The van der Waals surface area contributed by atoms with Gasteiger partial charge in [0, 0.05) is 12.7 Å². The second-order valence-corrected chi connectivity index (χ2v) is 6.74. The molecule has 3 rings (SSSR count). The summed E-state index contributed by atoms with van der Waals surface area (Å²) in [5, 5.41) is 2.89. The average Bonchev–Trinajstić information content (AvgIpc) is 2.75. The number of carbonyl (C=O) groups is 1. The molecule has 0 saturated heterocycles. The summed E-state index contributed by atoms with van der Waals surface area (Å²) in [4.78, 5) is 12.8. The summed E-state index contributed by atoms with van der Waals surface area (Å²) in [5.41, 5.74) is 2.90. The molecule has 0 aliphatic heterocycles. The van der Waals surface area contributed by atoms with Gasteiger partial charge in [0.05, 0.1) is 12.3 Å². The van der Waals surface area contributed by atoms with Crippen LogP contribution in [0.1, 0.15) is 21.5 Å². The second kappa shape index (κ2) is 10.4. The molecule has 3 aromatic carbocycles. The molecule has 0 unspecified atom stereocenters. The highest BCUT2D eigenvalue weighted by atomic mass is 19.1. The van der Waals surface area contributed by atoms with Crippen molar-refractivity contribution in [1.82, 2.24) is 0 Å². The van der Waals surface area contributed by atoms with E-state index < -0.39 is 0 Å². The minimum atomic E-state index is -0.293. The van der Waals surface area contributed by atoms with Crippen LogP contribution in [0.15, 0.2) is 66.7 Å². The van der Waals surface area contributed by atoms with Crippen LogP contribution >= 0.6 is 0 Å².